The van der Waals surface area contributed by atoms with Crippen LogP contribution >= 0.6 is 0 Å². The van der Waals surface area contributed by atoms with E-state index in [1.165, 1.54) is 32.1 Å². The summed E-state index contributed by atoms with van der Waals surface area (Å²) in [4.78, 5) is 14.5. The van der Waals surface area contributed by atoms with Crippen LogP contribution in [0.5, 0.6) is 0 Å². The molecular weight excluding hydrogens is 250 g/mol. The summed E-state index contributed by atoms with van der Waals surface area (Å²) in [6, 6.07) is 0. The first-order valence-corrected chi connectivity index (χ1v) is 8.23. The minimum atomic E-state index is -0.805. The highest BCUT2D eigenvalue weighted by atomic mass is 16.3. The Hall–Kier alpha value is -0.410. The van der Waals surface area contributed by atoms with Crippen LogP contribution in [0.3, 0.4) is 0 Å². The lowest BCUT2D eigenvalue weighted by atomic mass is 9.77. The smallest absolute Gasteiger partial charge is 0.180 e. The lowest BCUT2D eigenvalue weighted by Crippen LogP contribution is -2.67. The molecule has 1 saturated heterocycles. The highest BCUT2D eigenvalue weighted by molar-refractivity contribution is 5.92. The zero-order valence-corrected chi connectivity index (χ0v) is 14.0. The molecule has 0 saturated carbocycles. The molecule has 0 aromatic rings. The predicted octanol–water partition coefficient (Wildman–Crippen LogP) is 3.54. The molecule has 0 amide bonds. The summed E-state index contributed by atoms with van der Waals surface area (Å²) >= 11 is 0. The molecule has 0 aromatic carbocycles. The van der Waals surface area contributed by atoms with Gasteiger partial charge >= 0.3 is 0 Å². The molecule has 1 fully saturated rings. The largest absolute Gasteiger partial charge is 0.385 e. The van der Waals surface area contributed by atoms with Gasteiger partial charge in [0, 0.05) is 5.54 Å². The average molecular weight is 283 g/mol. The maximum Gasteiger partial charge on any atom is 0.180 e. The molecule has 1 atom stereocenters. The van der Waals surface area contributed by atoms with Gasteiger partial charge in [-0.25, -0.2) is 0 Å². The number of ketones is 1. The SMILES string of the molecule is CCCCCCCCN1C(C)(C)CC(O)C(=O)C1(C)C. The third kappa shape index (κ3) is 4.05. The monoisotopic (exact) mass is 283 g/mol. The number of rotatable bonds is 7. The molecule has 1 aliphatic heterocycles. The van der Waals surface area contributed by atoms with Gasteiger partial charge in [-0.15, -0.1) is 0 Å². The van der Waals surface area contributed by atoms with Gasteiger partial charge in [0.2, 0.25) is 0 Å². The van der Waals surface area contributed by atoms with E-state index in [9.17, 15) is 9.90 Å². The first-order chi connectivity index (χ1) is 9.23. The summed E-state index contributed by atoms with van der Waals surface area (Å²) in [5.41, 5.74) is -0.662. The minimum Gasteiger partial charge on any atom is -0.385 e. The minimum absolute atomic E-state index is 0.0252. The number of hydrogen-bond acceptors (Lipinski definition) is 3. The maximum absolute atomic E-state index is 12.2. The molecule has 0 bridgehead atoms. The van der Waals surface area contributed by atoms with Gasteiger partial charge in [-0.1, -0.05) is 39.0 Å². The fourth-order valence-corrected chi connectivity index (χ4v) is 3.61. The van der Waals surface area contributed by atoms with E-state index in [1.54, 1.807) is 0 Å². The van der Waals surface area contributed by atoms with Gasteiger partial charge in [-0.2, -0.15) is 0 Å². The molecule has 3 heteroatoms. The number of aliphatic hydroxyl groups excluding tert-OH is 1. The van der Waals surface area contributed by atoms with E-state index >= 15 is 0 Å². The van der Waals surface area contributed by atoms with Crippen molar-refractivity contribution < 1.29 is 9.90 Å². The summed E-state index contributed by atoms with van der Waals surface area (Å²) in [5.74, 6) is -0.0252. The molecule has 1 aliphatic rings. The van der Waals surface area contributed by atoms with E-state index in [1.807, 2.05) is 13.8 Å². The zero-order chi connectivity index (χ0) is 15.4. The zero-order valence-electron chi connectivity index (χ0n) is 14.0. The van der Waals surface area contributed by atoms with Crippen LogP contribution in [0.25, 0.3) is 0 Å². The maximum atomic E-state index is 12.2. The standard InChI is InChI=1S/C17H33NO2/c1-6-7-8-9-10-11-12-18-16(2,3)13-14(19)15(20)17(18,4)5/h14,19H,6-13H2,1-5H3. The number of aliphatic hydroxyl groups is 1. The Morgan fingerprint density at radius 3 is 2.25 bits per heavy atom. The highest BCUT2D eigenvalue weighted by Gasteiger charge is 2.50. The van der Waals surface area contributed by atoms with Crippen LogP contribution in [-0.4, -0.2) is 39.5 Å². The van der Waals surface area contributed by atoms with E-state index in [2.05, 4.69) is 25.7 Å². The molecule has 1 unspecified atom stereocenters. The van der Waals surface area contributed by atoms with Crippen molar-refractivity contribution in [3.63, 3.8) is 0 Å². The van der Waals surface area contributed by atoms with Crippen molar-refractivity contribution in [3.8, 4) is 0 Å². The van der Waals surface area contributed by atoms with Crippen molar-refractivity contribution in [2.24, 2.45) is 0 Å². The normalized spacial score (nSPS) is 25.9. The lowest BCUT2D eigenvalue weighted by Gasteiger charge is -2.53. The predicted molar refractivity (Wildman–Crippen MR) is 83.9 cm³/mol. The van der Waals surface area contributed by atoms with Crippen LogP contribution in [-0.2, 0) is 4.79 Å². The third-order valence-corrected chi connectivity index (χ3v) is 4.74. The van der Waals surface area contributed by atoms with Crippen molar-refractivity contribution in [1.29, 1.82) is 0 Å². The molecule has 1 heterocycles. The van der Waals surface area contributed by atoms with E-state index in [0.717, 1.165) is 13.0 Å². The lowest BCUT2D eigenvalue weighted by molar-refractivity contribution is -0.154. The Kier molecular flexibility index (Phi) is 6.21. The molecule has 1 rings (SSSR count). The molecule has 20 heavy (non-hydrogen) atoms. The topological polar surface area (TPSA) is 40.5 Å². The van der Waals surface area contributed by atoms with Gasteiger partial charge in [-0.3, -0.25) is 9.69 Å². The number of carbonyl (C=O) groups is 1. The van der Waals surface area contributed by atoms with Gasteiger partial charge in [-0.05, 0) is 47.1 Å². The van der Waals surface area contributed by atoms with Crippen LogP contribution in [0.2, 0.25) is 0 Å². The first-order valence-electron chi connectivity index (χ1n) is 8.23. The van der Waals surface area contributed by atoms with Gasteiger partial charge in [0.1, 0.15) is 6.10 Å². The summed E-state index contributed by atoms with van der Waals surface area (Å²) in [7, 11) is 0. The van der Waals surface area contributed by atoms with Crippen LogP contribution in [0.15, 0.2) is 0 Å². The van der Waals surface area contributed by atoms with Gasteiger partial charge in [0.25, 0.3) is 0 Å². The van der Waals surface area contributed by atoms with Crippen molar-refractivity contribution in [2.75, 3.05) is 6.54 Å². The molecule has 0 aromatic heterocycles. The summed E-state index contributed by atoms with van der Waals surface area (Å²) in [5, 5.41) is 9.96. The van der Waals surface area contributed by atoms with Crippen LogP contribution in [0.1, 0.15) is 79.6 Å². The third-order valence-electron chi connectivity index (χ3n) is 4.74. The summed E-state index contributed by atoms with van der Waals surface area (Å²) in [6.07, 6.45) is 7.33. The number of carbonyl (C=O) groups excluding carboxylic acids is 1. The number of likely N-dealkylation sites (tertiary alicyclic amines) is 1. The van der Waals surface area contributed by atoms with Gasteiger partial charge in [0.05, 0.1) is 5.54 Å². The van der Waals surface area contributed by atoms with Crippen molar-refractivity contribution in [1.82, 2.24) is 4.90 Å². The van der Waals surface area contributed by atoms with Crippen molar-refractivity contribution >= 4 is 5.78 Å². The van der Waals surface area contributed by atoms with E-state index in [0.29, 0.717) is 6.42 Å². The number of Topliss-reactive ketones (excluding diaryl/α,β-unsaturated/α-hetero) is 1. The van der Waals surface area contributed by atoms with Gasteiger partial charge in [0.15, 0.2) is 5.78 Å². The number of nitrogens with zero attached hydrogens (tertiary/aromatic N) is 1. The molecular formula is C17H33NO2. The Balaban J connectivity index is 2.54. The second kappa shape index (κ2) is 7.04. The van der Waals surface area contributed by atoms with Crippen molar-refractivity contribution in [2.45, 2.75) is 96.7 Å². The molecule has 1 N–H and O–H groups in total. The van der Waals surface area contributed by atoms with E-state index in [4.69, 9.17) is 0 Å². The fraction of sp³-hybridized carbons (Fsp3) is 0.941. The Labute approximate surface area is 124 Å². The highest BCUT2D eigenvalue weighted by Crippen LogP contribution is 2.36. The van der Waals surface area contributed by atoms with E-state index in [-0.39, 0.29) is 11.3 Å². The molecule has 118 valence electrons. The second-order valence-corrected chi connectivity index (χ2v) is 7.38. The molecule has 0 aliphatic carbocycles. The number of piperidine rings is 1. The van der Waals surface area contributed by atoms with Crippen LogP contribution in [0.4, 0.5) is 0 Å². The van der Waals surface area contributed by atoms with Crippen molar-refractivity contribution in [3.05, 3.63) is 0 Å². The van der Waals surface area contributed by atoms with Crippen LogP contribution < -0.4 is 0 Å². The number of hydrogen-bond donors (Lipinski definition) is 1. The summed E-state index contributed by atoms with van der Waals surface area (Å²) < 4.78 is 0. The molecule has 0 radical (unpaired) electrons. The Bertz CT molecular complexity index is 323. The Morgan fingerprint density at radius 2 is 1.65 bits per heavy atom. The van der Waals surface area contributed by atoms with Gasteiger partial charge < -0.3 is 5.11 Å². The van der Waals surface area contributed by atoms with E-state index < -0.39 is 11.6 Å². The average Bonchev–Trinajstić information content (AvgIpc) is 2.34. The Morgan fingerprint density at radius 1 is 1.10 bits per heavy atom. The number of unbranched alkanes of at least 4 members (excludes halogenated alkanes) is 5. The molecule has 3 nitrogen and oxygen atoms in total. The molecule has 0 spiro atoms. The summed E-state index contributed by atoms with van der Waals surface area (Å²) in [6.45, 7) is 11.4. The fourth-order valence-electron chi connectivity index (χ4n) is 3.61. The second-order valence-electron chi connectivity index (χ2n) is 7.38. The quantitative estimate of drug-likeness (QED) is 0.727. The van der Waals surface area contributed by atoms with Crippen LogP contribution in [0, 0.1) is 0 Å². The first kappa shape index (κ1) is 17.6.